The van der Waals surface area contributed by atoms with Gasteiger partial charge in [0, 0.05) is 45.4 Å². The number of rotatable bonds is 5. The van der Waals surface area contributed by atoms with Crippen LogP contribution in [0.5, 0.6) is 0 Å². The van der Waals surface area contributed by atoms with Crippen molar-refractivity contribution in [3.8, 4) is 56.2 Å². The molecule has 224 valence electrons. The number of fused-ring (bicyclic) bond motifs is 5. The molecule has 2 heterocycles. The summed E-state index contributed by atoms with van der Waals surface area (Å²) in [5, 5.41) is 7.34. The molecule has 0 aliphatic rings. The number of hydrogen-bond donors (Lipinski definition) is 0. The van der Waals surface area contributed by atoms with Gasteiger partial charge in [-0.15, -0.1) is 0 Å². The van der Waals surface area contributed by atoms with Crippen LogP contribution in [0.15, 0.2) is 176 Å². The molecule has 0 aliphatic carbocycles. The molecule has 9 aromatic rings. The average molecular weight is 612 g/mol. The molecule has 0 bridgehead atoms. The molecule has 0 saturated heterocycles. The second kappa shape index (κ2) is 11.7. The van der Waals surface area contributed by atoms with E-state index in [-0.39, 0.29) is 0 Å². The predicted molar refractivity (Wildman–Crippen MR) is 200 cm³/mol. The highest BCUT2D eigenvalue weighted by molar-refractivity contribution is 6.20. The second-order valence-electron chi connectivity index (χ2n) is 12.1. The Morgan fingerprint density at radius 1 is 0.333 bits per heavy atom. The Morgan fingerprint density at radius 2 is 0.958 bits per heavy atom. The van der Waals surface area contributed by atoms with Crippen LogP contribution in [0.3, 0.4) is 0 Å². The number of pyridine rings is 1. The van der Waals surface area contributed by atoms with Crippen molar-refractivity contribution in [1.29, 1.82) is 0 Å². The first kappa shape index (κ1) is 27.8. The minimum atomic E-state index is 0.703. The molecule has 0 amide bonds. The van der Waals surface area contributed by atoms with Gasteiger partial charge in [0.25, 0.3) is 0 Å². The number of aromatic nitrogens is 3. The van der Waals surface area contributed by atoms with Crippen molar-refractivity contribution in [1.82, 2.24) is 15.0 Å². The summed E-state index contributed by atoms with van der Waals surface area (Å²) in [5.74, 6) is 0.703. The van der Waals surface area contributed by atoms with Crippen molar-refractivity contribution >= 4 is 32.3 Å². The van der Waals surface area contributed by atoms with Gasteiger partial charge in [-0.1, -0.05) is 152 Å². The molecule has 48 heavy (non-hydrogen) atoms. The Bertz CT molecular complexity index is 2590. The molecule has 0 fully saturated rings. The number of benzene rings is 7. The minimum absolute atomic E-state index is 0.703. The highest BCUT2D eigenvalue weighted by Gasteiger charge is 2.14. The summed E-state index contributed by atoms with van der Waals surface area (Å²) in [6, 6.07) is 57.5. The third kappa shape index (κ3) is 4.99. The molecule has 9 rings (SSSR count). The van der Waals surface area contributed by atoms with Gasteiger partial charge >= 0.3 is 0 Å². The van der Waals surface area contributed by atoms with E-state index in [2.05, 4.69) is 145 Å². The van der Waals surface area contributed by atoms with Gasteiger partial charge in [-0.05, 0) is 50.4 Å². The van der Waals surface area contributed by atoms with Crippen molar-refractivity contribution in [2.45, 2.75) is 0 Å². The van der Waals surface area contributed by atoms with Crippen LogP contribution < -0.4 is 0 Å². The van der Waals surface area contributed by atoms with Gasteiger partial charge in [0.15, 0.2) is 5.82 Å². The standard InChI is InChI=1S/C45H29N3/c1-3-10-30(11-4-1)35-15-9-16-36(26-35)43-27-42(47-45(48-43)34-13-5-2-6-14-34)33-20-18-32(19-21-33)41-29-46-28-37-23-24-39-38-17-8-7-12-31(38)22-25-40(39)44(37)41/h1-29H. The maximum atomic E-state index is 5.08. The monoisotopic (exact) mass is 611 g/mol. The molecule has 2 aromatic heterocycles. The van der Waals surface area contributed by atoms with E-state index < -0.39 is 0 Å². The first-order valence-corrected chi connectivity index (χ1v) is 16.2. The molecular weight excluding hydrogens is 583 g/mol. The summed E-state index contributed by atoms with van der Waals surface area (Å²) in [4.78, 5) is 14.8. The lowest BCUT2D eigenvalue weighted by atomic mass is 9.93. The van der Waals surface area contributed by atoms with Crippen LogP contribution in [0, 0.1) is 0 Å². The molecule has 0 spiro atoms. The zero-order valence-corrected chi connectivity index (χ0v) is 26.1. The van der Waals surface area contributed by atoms with Gasteiger partial charge in [-0.2, -0.15) is 0 Å². The van der Waals surface area contributed by atoms with Crippen LogP contribution >= 0.6 is 0 Å². The van der Waals surface area contributed by atoms with E-state index in [4.69, 9.17) is 9.97 Å². The van der Waals surface area contributed by atoms with Gasteiger partial charge in [0.1, 0.15) is 0 Å². The Hall–Kier alpha value is -6.45. The van der Waals surface area contributed by atoms with Crippen molar-refractivity contribution < 1.29 is 0 Å². The van der Waals surface area contributed by atoms with E-state index in [1.165, 1.54) is 32.5 Å². The molecule has 0 N–H and O–H groups in total. The largest absolute Gasteiger partial charge is 0.263 e. The van der Waals surface area contributed by atoms with Crippen LogP contribution in [-0.2, 0) is 0 Å². The SMILES string of the molecule is c1ccc(-c2cccc(-c3cc(-c4ccc(-c5cncc6ccc7c8ccccc8ccc7c56)cc4)nc(-c4ccccc4)n3)c2)cc1. The smallest absolute Gasteiger partial charge is 0.160 e. The van der Waals surface area contributed by atoms with E-state index in [0.717, 1.165) is 50.2 Å². The highest BCUT2D eigenvalue weighted by Crippen LogP contribution is 2.37. The maximum absolute atomic E-state index is 5.08. The molecule has 3 heteroatoms. The predicted octanol–water partition coefficient (Wildman–Crippen LogP) is 11.7. The molecule has 3 nitrogen and oxygen atoms in total. The summed E-state index contributed by atoms with van der Waals surface area (Å²) in [7, 11) is 0. The van der Waals surface area contributed by atoms with Gasteiger partial charge in [0.2, 0.25) is 0 Å². The van der Waals surface area contributed by atoms with Crippen LogP contribution in [-0.4, -0.2) is 15.0 Å². The Kier molecular flexibility index (Phi) is 6.80. The normalized spacial score (nSPS) is 11.3. The Morgan fingerprint density at radius 3 is 1.77 bits per heavy atom. The number of hydrogen-bond acceptors (Lipinski definition) is 3. The fourth-order valence-corrected chi connectivity index (χ4v) is 6.76. The maximum Gasteiger partial charge on any atom is 0.160 e. The quantitative estimate of drug-likeness (QED) is 0.182. The van der Waals surface area contributed by atoms with Crippen LogP contribution in [0.4, 0.5) is 0 Å². The zero-order chi connectivity index (χ0) is 31.9. The molecule has 0 radical (unpaired) electrons. The lowest BCUT2D eigenvalue weighted by molar-refractivity contribution is 1.18. The summed E-state index contributed by atoms with van der Waals surface area (Å²) in [6.45, 7) is 0. The van der Waals surface area contributed by atoms with Gasteiger partial charge in [-0.25, -0.2) is 9.97 Å². The average Bonchev–Trinajstić information content (AvgIpc) is 3.18. The van der Waals surface area contributed by atoms with E-state index >= 15 is 0 Å². The fourth-order valence-electron chi connectivity index (χ4n) is 6.76. The number of nitrogens with zero attached hydrogens (tertiary/aromatic N) is 3. The topological polar surface area (TPSA) is 38.7 Å². The molecular formula is C45H29N3. The molecule has 0 atom stereocenters. The van der Waals surface area contributed by atoms with E-state index in [9.17, 15) is 0 Å². The summed E-state index contributed by atoms with van der Waals surface area (Å²) in [5.41, 5.74) is 9.40. The molecule has 0 unspecified atom stereocenters. The van der Waals surface area contributed by atoms with E-state index in [0.29, 0.717) is 5.82 Å². The van der Waals surface area contributed by atoms with Gasteiger partial charge in [0.05, 0.1) is 11.4 Å². The lowest BCUT2D eigenvalue weighted by Gasteiger charge is -2.13. The Labute approximate surface area is 278 Å². The summed E-state index contributed by atoms with van der Waals surface area (Å²) in [6.07, 6.45) is 3.95. The van der Waals surface area contributed by atoms with E-state index in [1.807, 2.05) is 36.7 Å². The van der Waals surface area contributed by atoms with Crippen LogP contribution in [0.1, 0.15) is 0 Å². The third-order valence-corrected chi connectivity index (χ3v) is 9.16. The molecule has 0 saturated carbocycles. The van der Waals surface area contributed by atoms with Crippen molar-refractivity contribution in [2.24, 2.45) is 0 Å². The summed E-state index contributed by atoms with van der Waals surface area (Å²) >= 11 is 0. The van der Waals surface area contributed by atoms with E-state index in [1.54, 1.807) is 0 Å². The third-order valence-electron chi connectivity index (χ3n) is 9.16. The summed E-state index contributed by atoms with van der Waals surface area (Å²) < 4.78 is 0. The van der Waals surface area contributed by atoms with Crippen molar-refractivity contribution in [3.63, 3.8) is 0 Å². The molecule has 7 aromatic carbocycles. The van der Waals surface area contributed by atoms with Crippen LogP contribution in [0.2, 0.25) is 0 Å². The van der Waals surface area contributed by atoms with Crippen LogP contribution in [0.25, 0.3) is 88.5 Å². The zero-order valence-electron chi connectivity index (χ0n) is 26.1. The highest BCUT2D eigenvalue weighted by atomic mass is 14.9. The van der Waals surface area contributed by atoms with Gasteiger partial charge < -0.3 is 0 Å². The molecule has 0 aliphatic heterocycles. The fraction of sp³-hybridized carbons (Fsp3) is 0. The van der Waals surface area contributed by atoms with Crippen molar-refractivity contribution in [2.75, 3.05) is 0 Å². The Balaban J connectivity index is 1.16. The first-order valence-electron chi connectivity index (χ1n) is 16.2. The first-order chi connectivity index (χ1) is 23.8. The van der Waals surface area contributed by atoms with Gasteiger partial charge in [-0.3, -0.25) is 4.98 Å². The lowest BCUT2D eigenvalue weighted by Crippen LogP contribution is -1.96. The van der Waals surface area contributed by atoms with Crippen molar-refractivity contribution in [3.05, 3.63) is 176 Å². The minimum Gasteiger partial charge on any atom is -0.263 e. The second-order valence-corrected chi connectivity index (χ2v) is 12.1.